The van der Waals surface area contributed by atoms with Gasteiger partial charge in [0, 0.05) is 31.2 Å². The molecule has 2 N–H and O–H groups in total. The van der Waals surface area contributed by atoms with Gasteiger partial charge in [0.2, 0.25) is 0 Å². The van der Waals surface area contributed by atoms with Gasteiger partial charge in [0.1, 0.15) is 23.4 Å². The van der Waals surface area contributed by atoms with E-state index in [0.717, 1.165) is 0 Å². The van der Waals surface area contributed by atoms with Crippen molar-refractivity contribution in [3.05, 3.63) is 0 Å². The molecule has 37 heavy (non-hydrogen) atoms. The van der Waals surface area contributed by atoms with Crippen LogP contribution in [0.4, 0.5) is 0 Å². The fraction of sp³-hybridized carbons (Fsp3) is 0.889. The lowest BCUT2D eigenvalue weighted by Gasteiger charge is -2.75. The largest absolute Gasteiger partial charge is 0.458 e. The minimum absolute atomic E-state index is 0.0244. The van der Waals surface area contributed by atoms with Crippen molar-refractivity contribution in [1.29, 1.82) is 0 Å². The highest BCUT2D eigenvalue weighted by atomic mass is 16.7. The molecule has 2 bridgehead atoms. The molecular weight excluding hydrogens is 482 g/mol. The summed E-state index contributed by atoms with van der Waals surface area (Å²) in [6.45, 7) is 10.5. The van der Waals surface area contributed by atoms with E-state index in [-0.39, 0.29) is 25.2 Å². The summed E-state index contributed by atoms with van der Waals surface area (Å²) < 4.78 is 25.4. The first-order chi connectivity index (χ1) is 17.0. The zero-order valence-corrected chi connectivity index (χ0v) is 23.3. The number of fused-ring (bicyclic) bond motifs is 3. The minimum atomic E-state index is -1.75. The van der Waals surface area contributed by atoms with E-state index in [1.807, 2.05) is 32.8 Å². The van der Waals surface area contributed by atoms with E-state index in [2.05, 4.69) is 0 Å². The van der Waals surface area contributed by atoms with Gasteiger partial charge >= 0.3 is 11.9 Å². The zero-order valence-electron chi connectivity index (χ0n) is 23.3. The third kappa shape index (κ3) is 3.81. The molecule has 9 atom stereocenters. The first-order valence-electron chi connectivity index (χ1n) is 13.2. The number of carbonyl (C=O) groups is 3. The van der Waals surface area contributed by atoms with Crippen LogP contribution in [0.1, 0.15) is 67.2 Å². The highest BCUT2D eigenvalue weighted by Crippen LogP contribution is 2.71. The number of aliphatic hydroxyl groups excluding tert-OH is 2. The summed E-state index contributed by atoms with van der Waals surface area (Å²) in [5.41, 5.74) is -6.36. The van der Waals surface area contributed by atoms with Crippen LogP contribution in [-0.4, -0.2) is 101 Å². The van der Waals surface area contributed by atoms with E-state index in [1.165, 1.54) is 6.92 Å². The second kappa shape index (κ2) is 8.98. The van der Waals surface area contributed by atoms with Crippen LogP contribution in [0.2, 0.25) is 0 Å². The van der Waals surface area contributed by atoms with Crippen LogP contribution in [-0.2, 0) is 33.3 Å². The Bertz CT molecular complexity index is 968. The van der Waals surface area contributed by atoms with Crippen molar-refractivity contribution < 1.29 is 43.5 Å². The lowest BCUT2D eigenvalue weighted by atomic mass is 9.39. The number of carbonyl (C=O) groups excluding carboxylic acids is 3. The van der Waals surface area contributed by atoms with Crippen LogP contribution in [0, 0.1) is 16.7 Å². The first kappa shape index (κ1) is 28.4. The predicted molar refractivity (Wildman–Crippen MR) is 131 cm³/mol. The van der Waals surface area contributed by atoms with Gasteiger partial charge in [0.15, 0.2) is 17.5 Å². The summed E-state index contributed by atoms with van der Waals surface area (Å²) in [5, 5.41) is 21.9. The Labute approximate surface area is 218 Å². The van der Waals surface area contributed by atoms with Gasteiger partial charge in [-0.25, -0.2) is 0 Å². The van der Waals surface area contributed by atoms with Gasteiger partial charge in [0.25, 0.3) is 0 Å². The van der Waals surface area contributed by atoms with Gasteiger partial charge in [-0.05, 0) is 46.2 Å². The second-order valence-corrected chi connectivity index (χ2v) is 12.9. The smallest absolute Gasteiger partial charge is 0.307 e. The maximum Gasteiger partial charge on any atom is 0.307 e. The molecule has 1 spiro atoms. The topological polar surface area (TPSA) is 132 Å². The monoisotopic (exact) mass is 525 g/mol. The van der Waals surface area contributed by atoms with Gasteiger partial charge in [-0.15, -0.1) is 0 Å². The van der Waals surface area contributed by atoms with Crippen molar-refractivity contribution in [2.45, 2.75) is 108 Å². The summed E-state index contributed by atoms with van der Waals surface area (Å²) in [6, 6.07) is 0. The van der Waals surface area contributed by atoms with Crippen LogP contribution >= 0.6 is 0 Å². The van der Waals surface area contributed by atoms with Crippen LogP contribution in [0.15, 0.2) is 0 Å². The number of rotatable bonds is 6. The van der Waals surface area contributed by atoms with Crippen LogP contribution < -0.4 is 0 Å². The molecule has 10 heteroatoms. The molecule has 3 saturated heterocycles. The van der Waals surface area contributed by atoms with Gasteiger partial charge in [-0.3, -0.25) is 14.4 Å². The number of ether oxygens (including phenoxy) is 4. The maximum absolute atomic E-state index is 14.2. The highest BCUT2D eigenvalue weighted by Gasteiger charge is 2.86. The van der Waals surface area contributed by atoms with Gasteiger partial charge in [-0.2, -0.15) is 0 Å². The summed E-state index contributed by atoms with van der Waals surface area (Å²) in [5.74, 6) is -1.98. The van der Waals surface area contributed by atoms with Crippen LogP contribution in [0.25, 0.3) is 0 Å². The summed E-state index contributed by atoms with van der Waals surface area (Å²) in [7, 11) is 3.71. The average molecular weight is 526 g/mol. The molecule has 0 radical (unpaired) electrons. The van der Waals surface area contributed by atoms with E-state index >= 15 is 0 Å². The molecule has 0 aromatic carbocycles. The fourth-order valence-corrected chi connectivity index (χ4v) is 8.19. The average Bonchev–Trinajstić information content (AvgIpc) is 2.76. The third-order valence-electron chi connectivity index (χ3n) is 9.71. The third-order valence-corrected chi connectivity index (χ3v) is 9.71. The maximum atomic E-state index is 14.2. The van der Waals surface area contributed by atoms with Gasteiger partial charge < -0.3 is 34.1 Å². The summed E-state index contributed by atoms with van der Waals surface area (Å²) in [6.07, 6.45) is -2.93. The zero-order chi connectivity index (χ0) is 27.8. The standard InChI is InChI=1S/C27H43NO9/c1-15(30)34-22-20(35-19(33)10-12-28(7)8)21-23(2,3)11-9-16(31)25(21,5)27-17(32)13-24(4,18(14-29)36-27)37-26(22,27)6/h16,18,20-22,29,31H,9-14H2,1-8H3/t16-,18+,20-,21-,22-,24+,25-,26+,27-/m0/s1. The molecule has 5 fully saturated rings. The number of esters is 2. The molecule has 0 aromatic rings. The lowest BCUT2D eigenvalue weighted by Crippen LogP contribution is -2.91. The highest BCUT2D eigenvalue weighted by molar-refractivity contribution is 5.93. The lowest BCUT2D eigenvalue weighted by molar-refractivity contribution is -0.440. The second-order valence-electron chi connectivity index (χ2n) is 12.9. The number of ketones is 1. The normalized spacial score (nSPS) is 46.2. The van der Waals surface area contributed by atoms with Crippen molar-refractivity contribution >= 4 is 17.7 Å². The molecule has 0 amide bonds. The Kier molecular flexibility index (Phi) is 6.90. The Morgan fingerprint density at radius 3 is 2.35 bits per heavy atom. The van der Waals surface area contributed by atoms with Crippen molar-refractivity contribution in [1.82, 2.24) is 4.90 Å². The van der Waals surface area contributed by atoms with Gasteiger partial charge in [0.05, 0.1) is 19.1 Å². The van der Waals surface area contributed by atoms with E-state index in [0.29, 0.717) is 19.4 Å². The minimum Gasteiger partial charge on any atom is -0.458 e. The summed E-state index contributed by atoms with van der Waals surface area (Å²) >= 11 is 0. The van der Waals surface area contributed by atoms with E-state index in [4.69, 9.17) is 18.9 Å². The number of aliphatic hydroxyl groups is 2. The molecule has 10 nitrogen and oxygen atoms in total. The van der Waals surface area contributed by atoms with Crippen molar-refractivity contribution in [2.24, 2.45) is 16.7 Å². The van der Waals surface area contributed by atoms with Crippen molar-refractivity contribution in [3.8, 4) is 0 Å². The molecule has 2 saturated carbocycles. The number of nitrogens with zero attached hydrogens (tertiary/aromatic N) is 1. The Morgan fingerprint density at radius 1 is 1.14 bits per heavy atom. The molecule has 3 heterocycles. The number of hydrogen-bond acceptors (Lipinski definition) is 10. The summed E-state index contributed by atoms with van der Waals surface area (Å²) in [4.78, 5) is 41.7. The van der Waals surface area contributed by atoms with E-state index in [9.17, 15) is 24.6 Å². The fourth-order valence-electron chi connectivity index (χ4n) is 8.19. The molecule has 5 aliphatic rings. The molecule has 0 aromatic heterocycles. The first-order valence-corrected chi connectivity index (χ1v) is 13.2. The Balaban J connectivity index is 1.96. The molecule has 5 rings (SSSR count). The predicted octanol–water partition coefficient (Wildman–Crippen LogP) is 1.24. The Hall–Kier alpha value is -1.59. The van der Waals surface area contributed by atoms with Crippen LogP contribution in [0.3, 0.4) is 0 Å². The van der Waals surface area contributed by atoms with Crippen molar-refractivity contribution in [3.63, 3.8) is 0 Å². The Morgan fingerprint density at radius 2 is 1.78 bits per heavy atom. The molecule has 2 aliphatic carbocycles. The van der Waals surface area contributed by atoms with Gasteiger partial charge in [-0.1, -0.05) is 20.8 Å². The molecule has 0 unspecified atom stereocenters. The molecular formula is C27H43NO9. The van der Waals surface area contributed by atoms with Crippen LogP contribution in [0.5, 0.6) is 0 Å². The quantitative estimate of drug-likeness (QED) is 0.488. The van der Waals surface area contributed by atoms with E-state index < -0.39 is 69.9 Å². The molecule has 210 valence electrons. The number of Topliss-reactive ketones (excluding diaryl/α,β-unsaturated/α-hetero) is 1. The molecule has 3 aliphatic heterocycles. The van der Waals surface area contributed by atoms with E-state index in [1.54, 1.807) is 20.8 Å². The number of hydrogen-bond donors (Lipinski definition) is 2. The SMILES string of the molecule is CC(=O)O[C@H]1[C@@H](OC(=O)CCN(C)C)[C@H]2C(C)(C)CC[C@H](O)[C@]2(C)[C@@]23O[C@H](CO)[C@@](C)(CC2=O)O[C@]13C. The van der Waals surface area contributed by atoms with Crippen molar-refractivity contribution in [2.75, 3.05) is 27.2 Å².